The summed E-state index contributed by atoms with van der Waals surface area (Å²) in [5.74, 6) is -2.85. The van der Waals surface area contributed by atoms with Crippen LogP contribution in [0.5, 0.6) is 11.5 Å². The summed E-state index contributed by atoms with van der Waals surface area (Å²) in [4.78, 5) is 49.1. The first-order chi connectivity index (χ1) is 18.9. The summed E-state index contributed by atoms with van der Waals surface area (Å²) in [5.41, 5.74) is 7.83. The maximum absolute atomic E-state index is 13.2. The lowest BCUT2D eigenvalue weighted by atomic mass is 10.0. The van der Waals surface area contributed by atoms with Gasteiger partial charge in [-0.25, -0.2) is 4.98 Å². The molecule has 1 saturated heterocycles. The molecule has 5 N–H and O–H groups in total. The number of oxime groups is 1. The number of amides is 2. The third-order valence-corrected chi connectivity index (χ3v) is 8.85. The number of nitrogens with zero attached hydrogens (tertiary/aromatic N) is 4. The Hall–Kier alpha value is -3.82. The van der Waals surface area contributed by atoms with Crippen molar-refractivity contribution in [3.8, 4) is 11.5 Å². The van der Waals surface area contributed by atoms with Gasteiger partial charge in [-0.2, -0.15) is 0 Å². The number of aromatic nitrogens is 1. The predicted octanol–water partition coefficient (Wildman–Crippen LogP) is -0.170. The Morgan fingerprint density at radius 3 is 2.50 bits per heavy atom. The first-order valence-corrected chi connectivity index (χ1v) is 14.3. The van der Waals surface area contributed by atoms with Crippen molar-refractivity contribution < 1.29 is 39.0 Å². The summed E-state index contributed by atoms with van der Waals surface area (Å²) in [6.45, 7) is 4.81. The third kappa shape index (κ3) is 5.07. The second-order valence-corrected chi connectivity index (χ2v) is 12.5. The van der Waals surface area contributed by atoms with Crippen molar-refractivity contribution in [3.05, 3.63) is 45.6 Å². The average molecular weight is 589 g/mol. The Balaban J connectivity index is 1.34. The molecule has 1 unspecified atom stereocenters. The van der Waals surface area contributed by atoms with Gasteiger partial charge in [0.25, 0.3) is 11.8 Å². The number of rotatable bonds is 8. The van der Waals surface area contributed by atoms with E-state index in [1.54, 1.807) is 19.2 Å². The van der Waals surface area contributed by atoms with Crippen molar-refractivity contribution >= 4 is 51.7 Å². The highest BCUT2D eigenvalue weighted by molar-refractivity contribution is 8.00. The number of hydrogen-bond donors (Lipinski definition) is 4. The highest BCUT2D eigenvalue weighted by Crippen LogP contribution is 2.42. The number of phenols is 2. The molecule has 3 aliphatic rings. The summed E-state index contributed by atoms with van der Waals surface area (Å²) >= 11 is 2.47. The van der Waals surface area contributed by atoms with Crippen LogP contribution in [-0.2, 0) is 32.3 Å². The Morgan fingerprint density at radius 1 is 1.30 bits per heavy atom. The second kappa shape index (κ2) is 10.3. The number of phenolic OH excluding ortho intramolecular Hbond substituents is 2. The van der Waals surface area contributed by atoms with E-state index in [2.05, 4.69) is 15.5 Å². The van der Waals surface area contributed by atoms with Crippen molar-refractivity contribution in [2.75, 3.05) is 25.1 Å². The molecule has 212 valence electrons. The quantitative estimate of drug-likeness (QED) is 0.106. The average Bonchev–Trinajstić information content (AvgIpc) is 3.44. The number of nitrogens with one attached hydrogen (secondary N) is 1. The molecule has 2 atom stereocenters. The van der Waals surface area contributed by atoms with Gasteiger partial charge in [-0.15, -0.1) is 23.1 Å². The number of fused-ring (bicyclic) bond motifs is 2. The zero-order valence-electron chi connectivity index (χ0n) is 21.9. The first kappa shape index (κ1) is 27.7. The van der Waals surface area contributed by atoms with Gasteiger partial charge < -0.3 is 40.5 Å². The molecule has 2 amide bonds. The van der Waals surface area contributed by atoms with Gasteiger partial charge in [0.05, 0.1) is 18.7 Å². The minimum atomic E-state index is -1.47. The first-order valence-electron chi connectivity index (χ1n) is 12.4. The van der Waals surface area contributed by atoms with Gasteiger partial charge in [-0.3, -0.25) is 14.5 Å². The molecular weight excluding hydrogens is 560 g/mol. The molecule has 0 bridgehead atoms. The minimum absolute atomic E-state index is 0.145. The van der Waals surface area contributed by atoms with Crippen molar-refractivity contribution in [1.29, 1.82) is 0 Å². The molecular formula is C25H28N6O7S2. The summed E-state index contributed by atoms with van der Waals surface area (Å²) in [6.07, 6.45) is -0.313. The Labute approximate surface area is 237 Å². The zero-order valence-corrected chi connectivity index (χ0v) is 23.5. The topological polar surface area (TPSA) is 190 Å². The SMILES string of the molecule is CC(C)O/N=C(\C(=O)NC1C(=O)N2C(C(=O)[O-])=C(C[N+]3(C)Cc4cc(O)c(O)cc4C3)CS[C@H]12)c1csc(N)n1. The normalized spacial score (nSPS) is 21.6. The number of β-lactam (4-membered cyclic amide) rings is 1. The number of thioether (sulfide) groups is 1. The molecule has 5 rings (SSSR count). The van der Waals surface area contributed by atoms with Crippen LogP contribution < -0.4 is 16.2 Å². The van der Waals surface area contributed by atoms with Crippen LogP contribution in [0.3, 0.4) is 0 Å². The van der Waals surface area contributed by atoms with Gasteiger partial charge in [-0.1, -0.05) is 5.16 Å². The molecule has 40 heavy (non-hydrogen) atoms. The van der Waals surface area contributed by atoms with E-state index in [0.717, 1.165) is 22.5 Å². The minimum Gasteiger partial charge on any atom is -0.543 e. The summed E-state index contributed by atoms with van der Waals surface area (Å²) in [7, 11) is 1.94. The highest BCUT2D eigenvalue weighted by atomic mass is 32.2. The van der Waals surface area contributed by atoms with Gasteiger partial charge in [0.2, 0.25) is 0 Å². The number of thiazole rings is 1. The fourth-order valence-electron chi connectivity index (χ4n) is 5.17. The Kier molecular flexibility index (Phi) is 7.14. The molecule has 4 heterocycles. The van der Waals surface area contributed by atoms with E-state index < -0.39 is 29.2 Å². The van der Waals surface area contributed by atoms with Crippen LogP contribution in [0.2, 0.25) is 0 Å². The number of likely N-dealkylation sites (N-methyl/N-ethyl adjacent to an activating group) is 1. The van der Waals surface area contributed by atoms with E-state index in [1.165, 1.54) is 28.8 Å². The maximum Gasteiger partial charge on any atom is 0.276 e. The molecule has 0 saturated carbocycles. The van der Waals surface area contributed by atoms with Crippen molar-refractivity contribution in [1.82, 2.24) is 15.2 Å². The molecule has 0 radical (unpaired) electrons. The van der Waals surface area contributed by atoms with Gasteiger partial charge in [0.15, 0.2) is 22.3 Å². The summed E-state index contributed by atoms with van der Waals surface area (Å²) < 4.78 is 0.393. The number of carboxylic acid groups (broad SMARTS) is 1. The number of aromatic hydroxyl groups is 2. The number of anilines is 1. The fraction of sp³-hybridized carbons (Fsp3) is 0.400. The molecule has 1 fully saturated rings. The number of carbonyl (C=O) groups excluding carboxylic acids is 3. The van der Waals surface area contributed by atoms with Crippen LogP contribution in [0, 0.1) is 0 Å². The number of carbonyl (C=O) groups is 3. The van der Waals surface area contributed by atoms with E-state index in [0.29, 0.717) is 35.4 Å². The van der Waals surface area contributed by atoms with E-state index in [9.17, 15) is 29.7 Å². The zero-order chi connectivity index (χ0) is 28.9. The van der Waals surface area contributed by atoms with Crippen LogP contribution in [0.1, 0.15) is 30.7 Å². The number of nitrogen functional groups attached to an aromatic ring is 1. The Morgan fingerprint density at radius 2 is 1.95 bits per heavy atom. The third-order valence-electron chi connectivity index (χ3n) is 6.84. The lowest BCUT2D eigenvalue weighted by molar-refractivity contribution is -0.924. The maximum atomic E-state index is 13.2. The van der Waals surface area contributed by atoms with E-state index in [4.69, 9.17) is 10.6 Å². The molecule has 0 spiro atoms. The molecule has 15 heteroatoms. The number of carboxylic acids is 1. The van der Waals surface area contributed by atoms with E-state index >= 15 is 0 Å². The number of hydrogen-bond acceptors (Lipinski definition) is 12. The Bertz CT molecular complexity index is 1440. The highest BCUT2D eigenvalue weighted by Gasteiger charge is 2.54. The largest absolute Gasteiger partial charge is 0.543 e. The van der Waals surface area contributed by atoms with Gasteiger partial charge in [-0.05, 0) is 26.0 Å². The lowest BCUT2D eigenvalue weighted by Gasteiger charge is -2.51. The fourth-order valence-corrected chi connectivity index (χ4v) is 7.05. The smallest absolute Gasteiger partial charge is 0.276 e. The van der Waals surface area contributed by atoms with Crippen LogP contribution in [0.25, 0.3) is 0 Å². The number of nitrogens with two attached hydrogens (primary N) is 1. The summed E-state index contributed by atoms with van der Waals surface area (Å²) in [5, 5.41) is 39.7. The van der Waals surface area contributed by atoms with Crippen molar-refractivity contribution in [2.45, 2.75) is 44.5 Å². The predicted molar refractivity (Wildman–Crippen MR) is 145 cm³/mol. The molecule has 2 aromatic rings. The van der Waals surface area contributed by atoms with Crippen LogP contribution in [0.15, 0.2) is 33.9 Å². The monoisotopic (exact) mass is 588 g/mol. The van der Waals surface area contributed by atoms with Crippen molar-refractivity contribution in [3.63, 3.8) is 0 Å². The van der Waals surface area contributed by atoms with Gasteiger partial charge in [0, 0.05) is 27.8 Å². The molecule has 1 aromatic carbocycles. The standard InChI is InChI=1S/C25H28N6O7S2/c1-11(2)38-29-18(15-10-40-25(26)27-15)21(34)28-19-22(35)30-20(24(36)37)14(9-39-23(19)30)8-31(3)6-12-4-16(32)17(33)5-13(12)7-31/h4-5,10-11,19,23H,6-9H2,1-3H3,(H5-,26,27,28,29,32,33,34,36,37)/t19?,23-/m1/s1. The number of benzene rings is 1. The van der Waals surface area contributed by atoms with Crippen molar-refractivity contribution in [2.24, 2.45) is 5.16 Å². The number of aliphatic carboxylic acids is 1. The molecule has 3 aliphatic heterocycles. The van der Waals surface area contributed by atoms with Crippen LogP contribution >= 0.6 is 23.1 Å². The summed E-state index contributed by atoms with van der Waals surface area (Å²) in [6, 6.07) is 2.05. The molecule has 0 aliphatic carbocycles. The van der Waals surface area contributed by atoms with Crippen LogP contribution in [0.4, 0.5) is 5.13 Å². The molecule has 1 aromatic heterocycles. The van der Waals surface area contributed by atoms with Gasteiger partial charge in [0.1, 0.15) is 42.8 Å². The lowest BCUT2D eigenvalue weighted by Crippen LogP contribution is -2.71. The molecule has 13 nitrogen and oxygen atoms in total. The number of quaternary nitrogens is 1. The van der Waals surface area contributed by atoms with Gasteiger partial charge >= 0.3 is 0 Å². The van der Waals surface area contributed by atoms with E-state index in [-0.39, 0.29) is 39.8 Å². The second-order valence-electron chi connectivity index (χ2n) is 10.5. The van der Waals surface area contributed by atoms with E-state index in [1.807, 2.05) is 7.05 Å². The van der Waals surface area contributed by atoms with Crippen LogP contribution in [-0.4, -0.2) is 84.9 Å².